The van der Waals surface area contributed by atoms with Crippen molar-refractivity contribution in [2.75, 3.05) is 6.61 Å². The van der Waals surface area contributed by atoms with Crippen molar-refractivity contribution in [1.82, 2.24) is 9.55 Å². The molecule has 1 aromatic carbocycles. The first-order chi connectivity index (χ1) is 10.6. The molecule has 3 atom stereocenters. The summed E-state index contributed by atoms with van der Waals surface area (Å²) in [5, 5.41) is 18.9. The third kappa shape index (κ3) is 2.61. The second-order valence-electron chi connectivity index (χ2n) is 5.19. The first-order valence-corrected chi connectivity index (χ1v) is 6.95. The zero-order valence-corrected chi connectivity index (χ0v) is 11.7. The number of H-pyrrole nitrogens is 1. The Bertz CT molecular complexity index is 767. The Morgan fingerprint density at radius 3 is 2.64 bits per heavy atom. The molecule has 1 aliphatic heterocycles. The molecule has 0 spiro atoms. The van der Waals surface area contributed by atoms with Crippen LogP contribution in [0.3, 0.4) is 0 Å². The lowest BCUT2D eigenvalue weighted by Gasteiger charge is -2.15. The van der Waals surface area contributed by atoms with Crippen molar-refractivity contribution in [3.63, 3.8) is 0 Å². The second-order valence-corrected chi connectivity index (χ2v) is 5.19. The van der Waals surface area contributed by atoms with Gasteiger partial charge in [-0.1, -0.05) is 30.3 Å². The summed E-state index contributed by atoms with van der Waals surface area (Å²) in [5.41, 5.74) is -0.0781. The molecule has 1 unspecified atom stereocenters. The maximum Gasteiger partial charge on any atom is 0.330 e. The molecule has 22 heavy (non-hydrogen) atoms. The number of aromatic nitrogens is 2. The van der Waals surface area contributed by atoms with Gasteiger partial charge in [-0.2, -0.15) is 0 Å². The molecule has 1 saturated heterocycles. The Morgan fingerprint density at radius 2 is 2.00 bits per heavy atom. The Kier molecular flexibility index (Phi) is 3.93. The number of hydrogen-bond acceptors (Lipinski definition) is 5. The molecule has 0 radical (unpaired) electrons. The minimum Gasteiger partial charge on any atom is -0.394 e. The first kappa shape index (κ1) is 14.7. The SMILES string of the molecule is O=c1[nH]c(=O)n([C@H]2CC(O)[C@@H](CO)O2)cc1-c1ccccc1. The van der Waals surface area contributed by atoms with Crippen LogP contribution in [-0.4, -0.2) is 38.6 Å². The molecule has 3 rings (SSSR count). The fourth-order valence-electron chi connectivity index (χ4n) is 2.57. The molecule has 116 valence electrons. The summed E-state index contributed by atoms with van der Waals surface area (Å²) in [7, 11) is 0. The molecule has 3 N–H and O–H groups in total. The van der Waals surface area contributed by atoms with Crippen molar-refractivity contribution in [2.45, 2.75) is 24.9 Å². The number of benzene rings is 1. The average molecular weight is 304 g/mol. The summed E-state index contributed by atoms with van der Waals surface area (Å²) in [6.07, 6.45) is -0.712. The Hall–Kier alpha value is -2.22. The third-order valence-corrected chi connectivity index (χ3v) is 3.75. The Morgan fingerprint density at radius 1 is 1.27 bits per heavy atom. The predicted molar refractivity (Wildman–Crippen MR) is 78.4 cm³/mol. The van der Waals surface area contributed by atoms with Gasteiger partial charge < -0.3 is 14.9 Å². The first-order valence-electron chi connectivity index (χ1n) is 6.95. The van der Waals surface area contributed by atoms with Gasteiger partial charge in [0.2, 0.25) is 0 Å². The van der Waals surface area contributed by atoms with Gasteiger partial charge in [-0.3, -0.25) is 14.3 Å². The summed E-state index contributed by atoms with van der Waals surface area (Å²) in [6.45, 7) is -0.332. The van der Waals surface area contributed by atoms with Crippen LogP contribution in [0.25, 0.3) is 11.1 Å². The molecule has 0 aliphatic carbocycles. The third-order valence-electron chi connectivity index (χ3n) is 3.75. The van der Waals surface area contributed by atoms with Crippen LogP contribution < -0.4 is 11.2 Å². The largest absolute Gasteiger partial charge is 0.394 e. The van der Waals surface area contributed by atoms with Gasteiger partial charge in [0.15, 0.2) is 0 Å². The van der Waals surface area contributed by atoms with Gasteiger partial charge in [-0.15, -0.1) is 0 Å². The standard InChI is InChI=1S/C15H16N2O5/c18-8-12-11(19)6-13(22-12)17-7-10(14(20)16-15(17)21)9-4-2-1-3-5-9/h1-5,7,11-13,18-19H,6,8H2,(H,16,20,21)/t11?,12-,13-/m1/s1. The van der Waals surface area contributed by atoms with Gasteiger partial charge in [0.25, 0.3) is 5.56 Å². The summed E-state index contributed by atoms with van der Waals surface area (Å²) < 4.78 is 6.70. The molecule has 0 bridgehead atoms. The van der Waals surface area contributed by atoms with E-state index in [1.54, 1.807) is 24.3 Å². The minimum absolute atomic E-state index is 0.172. The van der Waals surface area contributed by atoms with E-state index in [0.717, 1.165) is 0 Å². The fourth-order valence-corrected chi connectivity index (χ4v) is 2.57. The quantitative estimate of drug-likeness (QED) is 0.731. The topological polar surface area (TPSA) is 105 Å². The van der Waals surface area contributed by atoms with Crippen LogP contribution in [0.1, 0.15) is 12.6 Å². The number of aliphatic hydroxyl groups excluding tert-OH is 2. The molecular weight excluding hydrogens is 288 g/mol. The van der Waals surface area contributed by atoms with Crippen molar-refractivity contribution in [2.24, 2.45) is 0 Å². The van der Waals surface area contributed by atoms with Crippen LogP contribution in [-0.2, 0) is 4.74 Å². The van der Waals surface area contributed by atoms with Crippen LogP contribution in [0.15, 0.2) is 46.1 Å². The predicted octanol–water partition coefficient (Wildman–Crippen LogP) is -0.156. The molecule has 7 heteroatoms. The van der Waals surface area contributed by atoms with Gasteiger partial charge in [0.05, 0.1) is 18.3 Å². The lowest BCUT2D eigenvalue weighted by molar-refractivity contribution is -0.0458. The van der Waals surface area contributed by atoms with E-state index in [9.17, 15) is 14.7 Å². The Labute approximate surface area is 125 Å². The molecule has 1 aliphatic rings. The van der Waals surface area contributed by atoms with Gasteiger partial charge >= 0.3 is 5.69 Å². The van der Waals surface area contributed by atoms with Gasteiger partial charge in [-0.05, 0) is 5.56 Å². The molecule has 2 aromatic rings. The highest BCUT2D eigenvalue weighted by molar-refractivity contribution is 5.60. The maximum absolute atomic E-state index is 12.0. The molecule has 2 heterocycles. The molecular formula is C15H16N2O5. The van der Waals surface area contributed by atoms with Crippen molar-refractivity contribution >= 4 is 0 Å². The number of nitrogens with one attached hydrogen (secondary N) is 1. The van der Waals surface area contributed by atoms with Crippen LogP contribution in [0.5, 0.6) is 0 Å². The zero-order valence-electron chi connectivity index (χ0n) is 11.7. The van der Waals surface area contributed by atoms with E-state index >= 15 is 0 Å². The number of nitrogens with zero attached hydrogens (tertiary/aromatic N) is 1. The zero-order chi connectivity index (χ0) is 15.7. The van der Waals surface area contributed by atoms with E-state index < -0.39 is 29.7 Å². The molecule has 7 nitrogen and oxygen atoms in total. The molecule has 0 saturated carbocycles. The monoisotopic (exact) mass is 304 g/mol. The van der Waals surface area contributed by atoms with E-state index in [2.05, 4.69) is 4.98 Å². The van der Waals surface area contributed by atoms with E-state index in [-0.39, 0.29) is 13.0 Å². The van der Waals surface area contributed by atoms with Gasteiger partial charge in [0, 0.05) is 12.6 Å². The summed E-state index contributed by atoms with van der Waals surface area (Å²) in [5.74, 6) is 0. The van der Waals surface area contributed by atoms with E-state index in [4.69, 9.17) is 9.84 Å². The number of rotatable bonds is 3. The highest BCUT2D eigenvalue weighted by Gasteiger charge is 2.35. The van der Waals surface area contributed by atoms with Crippen molar-refractivity contribution in [3.8, 4) is 11.1 Å². The lowest BCUT2D eigenvalue weighted by atomic mass is 10.1. The molecule has 1 fully saturated rings. The minimum atomic E-state index is -0.853. The highest BCUT2D eigenvalue weighted by Crippen LogP contribution is 2.27. The Balaban J connectivity index is 2.03. The summed E-state index contributed by atoms with van der Waals surface area (Å²) in [4.78, 5) is 26.2. The smallest absolute Gasteiger partial charge is 0.330 e. The van der Waals surface area contributed by atoms with E-state index in [1.807, 2.05) is 6.07 Å². The number of aromatic amines is 1. The van der Waals surface area contributed by atoms with Crippen LogP contribution >= 0.6 is 0 Å². The highest BCUT2D eigenvalue weighted by atomic mass is 16.5. The van der Waals surface area contributed by atoms with E-state index in [1.165, 1.54) is 10.8 Å². The molecule has 1 aromatic heterocycles. The summed E-state index contributed by atoms with van der Waals surface area (Å²) in [6, 6.07) is 8.94. The number of aliphatic hydroxyl groups is 2. The number of hydrogen-bond donors (Lipinski definition) is 3. The van der Waals surface area contributed by atoms with Crippen molar-refractivity contribution in [1.29, 1.82) is 0 Å². The van der Waals surface area contributed by atoms with Gasteiger partial charge in [0.1, 0.15) is 12.3 Å². The van der Waals surface area contributed by atoms with Crippen LogP contribution in [0, 0.1) is 0 Å². The maximum atomic E-state index is 12.0. The van der Waals surface area contributed by atoms with Crippen molar-refractivity contribution < 1.29 is 14.9 Å². The van der Waals surface area contributed by atoms with E-state index in [0.29, 0.717) is 11.1 Å². The van der Waals surface area contributed by atoms with Gasteiger partial charge in [-0.25, -0.2) is 4.79 Å². The fraction of sp³-hybridized carbons (Fsp3) is 0.333. The van der Waals surface area contributed by atoms with Crippen molar-refractivity contribution in [3.05, 3.63) is 57.4 Å². The molecule has 0 amide bonds. The second kappa shape index (κ2) is 5.88. The average Bonchev–Trinajstić information content (AvgIpc) is 2.89. The normalized spacial score (nSPS) is 24.5. The van der Waals surface area contributed by atoms with Crippen LogP contribution in [0.4, 0.5) is 0 Å². The summed E-state index contributed by atoms with van der Waals surface area (Å²) >= 11 is 0. The van der Waals surface area contributed by atoms with Crippen LogP contribution in [0.2, 0.25) is 0 Å². The lowest BCUT2D eigenvalue weighted by Crippen LogP contribution is -2.33. The number of ether oxygens (including phenoxy) is 1.